The van der Waals surface area contributed by atoms with Gasteiger partial charge in [0.1, 0.15) is 0 Å². The van der Waals surface area contributed by atoms with Crippen molar-refractivity contribution in [1.82, 2.24) is 10.2 Å². The molecule has 0 spiro atoms. The molecule has 2 amide bonds. The molecule has 6 heteroatoms. The van der Waals surface area contributed by atoms with E-state index in [0.29, 0.717) is 13.1 Å². The van der Waals surface area contributed by atoms with Crippen LogP contribution < -0.4 is 5.32 Å². The Balaban J connectivity index is 2.60. The van der Waals surface area contributed by atoms with Crippen molar-refractivity contribution < 1.29 is 19.8 Å². The third kappa shape index (κ3) is 5.75. The topological polar surface area (TPSA) is 89.9 Å². The normalized spacial score (nSPS) is 17.0. The number of aliphatic hydroxyl groups is 1. The summed E-state index contributed by atoms with van der Waals surface area (Å²) >= 11 is 0. The minimum absolute atomic E-state index is 0.0920. The van der Waals surface area contributed by atoms with Crippen molar-refractivity contribution in [3.8, 4) is 0 Å². The predicted octanol–water partition coefficient (Wildman–Crippen LogP) is 1.60. The number of hydrogen-bond acceptors (Lipinski definition) is 3. The average Bonchev–Trinajstić information content (AvgIpc) is 2.45. The molecule has 120 valence electrons. The number of nitrogens with zero attached hydrogens (tertiary/aromatic N) is 1. The standard InChI is InChI=1S/C15H26N2O4/c1-2-8-17(9-10-18)14(21)16-12-15(11-13(19)20)6-4-3-5-7-15/h2,18H,1,3-12H2,(H,16,21)(H,19,20). The molecule has 1 rings (SSSR count). The number of carbonyl (C=O) groups is 2. The van der Waals surface area contributed by atoms with E-state index in [4.69, 9.17) is 10.2 Å². The maximum Gasteiger partial charge on any atom is 0.317 e. The van der Waals surface area contributed by atoms with Gasteiger partial charge in [0.2, 0.25) is 0 Å². The van der Waals surface area contributed by atoms with Crippen molar-refractivity contribution in [2.24, 2.45) is 5.41 Å². The first-order valence-electron chi connectivity index (χ1n) is 7.49. The number of hydrogen-bond donors (Lipinski definition) is 3. The molecule has 0 heterocycles. The third-order valence-corrected chi connectivity index (χ3v) is 4.06. The van der Waals surface area contributed by atoms with Gasteiger partial charge in [0, 0.05) is 19.6 Å². The van der Waals surface area contributed by atoms with E-state index in [0.717, 1.165) is 32.1 Å². The Bertz CT molecular complexity index is 365. The van der Waals surface area contributed by atoms with Crippen LogP contribution in [0, 0.1) is 5.41 Å². The summed E-state index contributed by atoms with van der Waals surface area (Å²) in [5, 5.41) is 20.9. The molecule has 1 aliphatic rings. The Morgan fingerprint density at radius 3 is 2.48 bits per heavy atom. The molecule has 1 aliphatic carbocycles. The Labute approximate surface area is 125 Å². The molecule has 21 heavy (non-hydrogen) atoms. The number of carboxylic acid groups (broad SMARTS) is 1. The lowest BCUT2D eigenvalue weighted by Gasteiger charge is -2.36. The van der Waals surface area contributed by atoms with Gasteiger partial charge in [-0.15, -0.1) is 6.58 Å². The second-order valence-electron chi connectivity index (χ2n) is 5.75. The molecule has 0 atom stereocenters. The number of aliphatic hydroxyl groups excluding tert-OH is 1. The van der Waals surface area contributed by atoms with Crippen LogP contribution in [-0.2, 0) is 4.79 Å². The van der Waals surface area contributed by atoms with Crippen LogP contribution >= 0.6 is 0 Å². The van der Waals surface area contributed by atoms with Crippen LogP contribution in [0.4, 0.5) is 4.79 Å². The second kappa shape index (κ2) is 8.67. The van der Waals surface area contributed by atoms with Gasteiger partial charge >= 0.3 is 12.0 Å². The molecule has 0 unspecified atom stereocenters. The van der Waals surface area contributed by atoms with Gasteiger partial charge in [-0.25, -0.2) is 4.79 Å². The molecule has 0 aliphatic heterocycles. The van der Waals surface area contributed by atoms with Crippen molar-refractivity contribution >= 4 is 12.0 Å². The average molecular weight is 298 g/mol. The minimum atomic E-state index is -0.815. The number of aliphatic carboxylic acids is 1. The summed E-state index contributed by atoms with van der Waals surface area (Å²) in [4.78, 5) is 24.7. The lowest BCUT2D eigenvalue weighted by molar-refractivity contribution is -0.140. The van der Waals surface area contributed by atoms with E-state index in [1.165, 1.54) is 4.90 Å². The second-order valence-corrected chi connectivity index (χ2v) is 5.75. The Kier molecular flexibility index (Phi) is 7.22. The number of carbonyl (C=O) groups excluding carboxylic acids is 1. The Morgan fingerprint density at radius 1 is 1.29 bits per heavy atom. The molecule has 1 fully saturated rings. The molecule has 0 aromatic rings. The molecule has 1 saturated carbocycles. The minimum Gasteiger partial charge on any atom is -0.481 e. The van der Waals surface area contributed by atoms with E-state index in [1.807, 2.05) is 0 Å². The summed E-state index contributed by atoms with van der Waals surface area (Å²) in [6.07, 6.45) is 6.51. The van der Waals surface area contributed by atoms with Crippen LogP contribution in [0.3, 0.4) is 0 Å². The van der Waals surface area contributed by atoms with Gasteiger partial charge in [-0.1, -0.05) is 25.3 Å². The number of nitrogens with one attached hydrogen (secondary N) is 1. The summed E-state index contributed by atoms with van der Waals surface area (Å²) in [6, 6.07) is -0.278. The lowest BCUT2D eigenvalue weighted by Crippen LogP contribution is -2.47. The fourth-order valence-electron chi connectivity index (χ4n) is 2.97. The molecule has 0 bridgehead atoms. The first kappa shape index (κ1) is 17.5. The van der Waals surface area contributed by atoms with E-state index < -0.39 is 5.97 Å². The van der Waals surface area contributed by atoms with E-state index in [2.05, 4.69) is 11.9 Å². The number of carboxylic acids is 1. The van der Waals surface area contributed by atoms with Crippen molar-refractivity contribution in [1.29, 1.82) is 0 Å². The van der Waals surface area contributed by atoms with Gasteiger partial charge in [-0.3, -0.25) is 4.79 Å². The molecule has 6 nitrogen and oxygen atoms in total. The zero-order valence-electron chi connectivity index (χ0n) is 12.5. The van der Waals surface area contributed by atoms with Crippen molar-refractivity contribution in [2.75, 3.05) is 26.2 Å². The van der Waals surface area contributed by atoms with Crippen molar-refractivity contribution in [3.05, 3.63) is 12.7 Å². The maximum absolute atomic E-state index is 12.1. The summed E-state index contributed by atoms with van der Waals surface area (Å²) < 4.78 is 0. The zero-order chi connectivity index (χ0) is 15.7. The number of amides is 2. The lowest BCUT2D eigenvalue weighted by atomic mass is 9.72. The summed E-state index contributed by atoms with van der Waals surface area (Å²) in [5.41, 5.74) is -0.335. The fraction of sp³-hybridized carbons (Fsp3) is 0.733. The Morgan fingerprint density at radius 2 is 1.95 bits per heavy atom. The Hall–Kier alpha value is -1.56. The quantitative estimate of drug-likeness (QED) is 0.594. The highest BCUT2D eigenvalue weighted by Gasteiger charge is 2.35. The van der Waals surface area contributed by atoms with E-state index in [1.54, 1.807) is 6.08 Å². The largest absolute Gasteiger partial charge is 0.481 e. The first-order chi connectivity index (χ1) is 10.0. The van der Waals surface area contributed by atoms with Crippen LogP contribution in [0.25, 0.3) is 0 Å². The molecule has 3 N–H and O–H groups in total. The van der Waals surface area contributed by atoms with E-state index in [9.17, 15) is 9.59 Å². The van der Waals surface area contributed by atoms with Gasteiger partial charge in [0.15, 0.2) is 0 Å². The number of rotatable bonds is 8. The van der Waals surface area contributed by atoms with Crippen LogP contribution in [0.1, 0.15) is 38.5 Å². The van der Waals surface area contributed by atoms with Crippen LogP contribution in [0.5, 0.6) is 0 Å². The van der Waals surface area contributed by atoms with Gasteiger partial charge in [-0.2, -0.15) is 0 Å². The predicted molar refractivity (Wildman–Crippen MR) is 80.0 cm³/mol. The summed E-state index contributed by atoms with van der Waals surface area (Å²) in [6.45, 7) is 4.45. The van der Waals surface area contributed by atoms with Gasteiger partial charge in [0.05, 0.1) is 13.0 Å². The molecular formula is C15H26N2O4. The SMILES string of the molecule is C=CCN(CCO)C(=O)NCC1(CC(=O)O)CCCCC1. The molecule has 0 saturated heterocycles. The first-order valence-corrected chi connectivity index (χ1v) is 7.49. The van der Waals surface area contributed by atoms with Crippen molar-refractivity contribution in [2.45, 2.75) is 38.5 Å². The molecule has 0 aromatic carbocycles. The highest BCUT2D eigenvalue weighted by atomic mass is 16.4. The summed E-state index contributed by atoms with van der Waals surface area (Å²) in [5.74, 6) is -0.815. The molecule has 0 aromatic heterocycles. The van der Waals surface area contributed by atoms with Gasteiger partial charge in [0.25, 0.3) is 0 Å². The van der Waals surface area contributed by atoms with Crippen molar-refractivity contribution in [3.63, 3.8) is 0 Å². The maximum atomic E-state index is 12.1. The van der Waals surface area contributed by atoms with Crippen LogP contribution in [0.15, 0.2) is 12.7 Å². The third-order valence-electron chi connectivity index (χ3n) is 4.06. The van der Waals surface area contributed by atoms with E-state index in [-0.39, 0.29) is 31.0 Å². The highest BCUT2D eigenvalue weighted by molar-refractivity contribution is 5.74. The highest BCUT2D eigenvalue weighted by Crippen LogP contribution is 2.38. The number of urea groups is 1. The monoisotopic (exact) mass is 298 g/mol. The van der Waals surface area contributed by atoms with Gasteiger partial charge in [-0.05, 0) is 18.3 Å². The molecular weight excluding hydrogens is 272 g/mol. The molecule has 0 radical (unpaired) electrons. The smallest absolute Gasteiger partial charge is 0.317 e. The summed E-state index contributed by atoms with van der Waals surface area (Å²) in [7, 11) is 0. The van der Waals surface area contributed by atoms with Crippen LogP contribution in [-0.4, -0.2) is 53.4 Å². The van der Waals surface area contributed by atoms with Gasteiger partial charge < -0.3 is 20.4 Å². The zero-order valence-corrected chi connectivity index (χ0v) is 12.5. The fourth-order valence-corrected chi connectivity index (χ4v) is 2.97. The van der Waals surface area contributed by atoms with Crippen LogP contribution in [0.2, 0.25) is 0 Å². The van der Waals surface area contributed by atoms with E-state index >= 15 is 0 Å².